The van der Waals surface area contributed by atoms with Gasteiger partial charge in [0.1, 0.15) is 11.3 Å². The van der Waals surface area contributed by atoms with Gasteiger partial charge in [-0.05, 0) is 35.7 Å². The van der Waals surface area contributed by atoms with Crippen LogP contribution in [0.1, 0.15) is 5.56 Å². The summed E-state index contributed by atoms with van der Waals surface area (Å²) >= 11 is 0.902. The van der Waals surface area contributed by atoms with E-state index in [-0.39, 0.29) is 5.06 Å². The van der Waals surface area contributed by atoms with Crippen LogP contribution in [0.25, 0.3) is 0 Å². The quantitative estimate of drug-likeness (QED) is 0.822. The average molecular weight is 259 g/mol. The smallest absolute Gasteiger partial charge is 0.420 e. The zero-order chi connectivity index (χ0) is 12.5. The summed E-state index contributed by atoms with van der Waals surface area (Å²) in [4.78, 5) is 0. The summed E-state index contributed by atoms with van der Waals surface area (Å²) in [6, 6.07) is 7.17. The molecule has 2 N–H and O–H groups in total. The first kappa shape index (κ1) is 11.8. The van der Waals surface area contributed by atoms with Gasteiger partial charge in [0.15, 0.2) is 5.06 Å². The van der Waals surface area contributed by atoms with Crippen LogP contribution in [0.4, 0.5) is 18.9 Å². The molecule has 0 radical (unpaired) electrons. The van der Waals surface area contributed by atoms with E-state index < -0.39 is 11.7 Å². The number of benzene rings is 1. The molecule has 0 atom stereocenters. The van der Waals surface area contributed by atoms with Gasteiger partial charge >= 0.3 is 6.18 Å². The largest absolute Gasteiger partial charge is 0.446 e. The normalized spacial score (nSPS) is 11.5. The van der Waals surface area contributed by atoms with Crippen molar-refractivity contribution in [3.05, 3.63) is 41.3 Å². The van der Waals surface area contributed by atoms with Gasteiger partial charge in [-0.3, -0.25) is 0 Å². The van der Waals surface area contributed by atoms with Gasteiger partial charge in [0.05, 0.1) is 0 Å². The number of rotatable bonds is 2. The van der Waals surface area contributed by atoms with Crippen molar-refractivity contribution in [2.75, 3.05) is 5.73 Å². The van der Waals surface area contributed by atoms with Crippen molar-refractivity contribution in [3.63, 3.8) is 0 Å². The molecule has 0 aliphatic heterocycles. The van der Waals surface area contributed by atoms with Crippen LogP contribution in [-0.4, -0.2) is 0 Å². The molecule has 0 saturated heterocycles. The van der Waals surface area contributed by atoms with Gasteiger partial charge in [0, 0.05) is 5.69 Å². The fourth-order valence-corrected chi connectivity index (χ4v) is 2.01. The van der Waals surface area contributed by atoms with E-state index in [1.807, 2.05) is 0 Å². The molecule has 0 bridgehead atoms. The minimum absolute atomic E-state index is 0.165. The number of nitrogen functional groups attached to an aromatic ring is 1. The summed E-state index contributed by atoms with van der Waals surface area (Å²) in [5.74, 6) is 0.326. The second-order valence-electron chi connectivity index (χ2n) is 3.29. The number of ether oxygens (including phenoxy) is 1. The van der Waals surface area contributed by atoms with Crippen molar-refractivity contribution < 1.29 is 17.9 Å². The SMILES string of the molecule is Nc1ccc(Oc2sccc2C(F)(F)F)cc1. The molecule has 0 aliphatic carbocycles. The highest BCUT2D eigenvalue weighted by Crippen LogP contribution is 2.41. The molecule has 2 nitrogen and oxygen atoms in total. The first-order valence-electron chi connectivity index (χ1n) is 4.65. The van der Waals surface area contributed by atoms with Crippen molar-refractivity contribution in [1.82, 2.24) is 0 Å². The maximum atomic E-state index is 12.6. The Kier molecular flexibility index (Phi) is 2.97. The number of thiophene rings is 1. The van der Waals surface area contributed by atoms with Crippen LogP contribution in [0.5, 0.6) is 10.8 Å². The van der Waals surface area contributed by atoms with Crippen LogP contribution in [0, 0.1) is 0 Å². The zero-order valence-electron chi connectivity index (χ0n) is 8.49. The van der Waals surface area contributed by atoms with Crippen LogP contribution in [0.2, 0.25) is 0 Å². The van der Waals surface area contributed by atoms with Crippen LogP contribution < -0.4 is 10.5 Å². The summed E-state index contributed by atoms with van der Waals surface area (Å²) in [6.45, 7) is 0. The molecule has 0 aliphatic rings. The molecule has 0 saturated carbocycles. The number of anilines is 1. The summed E-state index contributed by atoms with van der Waals surface area (Å²) in [5.41, 5.74) is 5.23. The summed E-state index contributed by atoms with van der Waals surface area (Å²) < 4.78 is 42.8. The Morgan fingerprint density at radius 1 is 1.06 bits per heavy atom. The Morgan fingerprint density at radius 2 is 1.71 bits per heavy atom. The van der Waals surface area contributed by atoms with E-state index in [0.29, 0.717) is 11.4 Å². The van der Waals surface area contributed by atoms with Gasteiger partial charge < -0.3 is 10.5 Å². The van der Waals surface area contributed by atoms with Crippen molar-refractivity contribution in [2.45, 2.75) is 6.18 Å². The second kappa shape index (κ2) is 4.29. The van der Waals surface area contributed by atoms with Crippen molar-refractivity contribution in [1.29, 1.82) is 0 Å². The predicted molar refractivity (Wildman–Crippen MR) is 60.2 cm³/mol. The standard InChI is InChI=1S/C11H8F3NOS/c12-11(13,14)9-5-6-17-10(9)16-8-3-1-7(15)2-4-8/h1-6H,15H2. The van der Waals surface area contributed by atoms with Gasteiger partial charge in [0.2, 0.25) is 0 Å². The van der Waals surface area contributed by atoms with E-state index in [4.69, 9.17) is 10.5 Å². The molecule has 1 heterocycles. The molecule has 0 amide bonds. The lowest BCUT2D eigenvalue weighted by atomic mass is 10.3. The van der Waals surface area contributed by atoms with Gasteiger partial charge in [-0.1, -0.05) is 0 Å². The van der Waals surface area contributed by atoms with Crippen molar-refractivity contribution in [3.8, 4) is 10.8 Å². The third kappa shape index (κ3) is 2.71. The molecule has 0 spiro atoms. The van der Waals surface area contributed by atoms with Crippen LogP contribution in [0.15, 0.2) is 35.7 Å². The molecule has 0 unspecified atom stereocenters. The highest BCUT2D eigenvalue weighted by molar-refractivity contribution is 7.12. The first-order valence-corrected chi connectivity index (χ1v) is 5.53. The number of nitrogens with two attached hydrogens (primary N) is 1. The topological polar surface area (TPSA) is 35.2 Å². The number of hydrogen-bond donors (Lipinski definition) is 1. The molecule has 2 aromatic rings. The van der Waals surface area contributed by atoms with Crippen LogP contribution in [0.3, 0.4) is 0 Å². The van der Waals surface area contributed by atoms with E-state index >= 15 is 0 Å². The molecule has 90 valence electrons. The van der Waals surface area contributed by atoms with Gasteiger partial charge in [-0.25, -0.2) is 0 Å². The predicted octanol–water partition coefficient (Wildman–Crippen LogP) is 4.14. The van der Waals surface area contributed by atoms with Gasteiger partial charge in [-0.2, -0.15) is 13.2 Å². The first-order chi connectivity index (χ1) is 7.97. The summed E-state index contributed by atoms with van der Waals surface area (Å²) in [6.07, 6.45) is -4.40. The van der Waals surface area contributed by atoms with E-state index in [1.54, 1.807) is 12.1 Å². The fourth-order valence-electron chi connectivity index (χ4n) is 1.23. The second-order valence-corrected chi connectivity index (χ2v) is 4.17. The molecule has 1 aromatic heterocycles. The lowest BCUT2D eigenvalue weighted by molar-refractivity contribution is -0.138. The van der Waals surface area contributed by atoms with Gasteiger partial charge in [0.25, 0.3) is 0 Å². The lowest BCUT2D eigenvalue weighted by Gasteiger charge is -2.09. The number of alkyl halides is 3. The van der Waals surface area contributed by atoms with Crippen LogP contribution >= 0.6 is 11.3 Å². The maximum absolute atomic E-state index is 12.6. The highest BCUT2D eigenvalue weighted by Gasteiger charge is 2.35. The zero-order valence-corrected chi connectivity index (χ0v) is 9.31. The Bertz CT molecular complexity index is 504. The molecule has 6 heteroatoms. The van der Waals surface area contributed by atoms with Crippen molar-refractivity contribution in [2.24, 2.45) is 0 Å². The molecule has 1 aromatic carbocycles. The third-order valence-corrected chi connectivity index (χ3v) is 2.82. The highest BCUT2D eigenvalue weighted by atomic mass is 32.1. The molecule has 17 heavy (non-hydrogen) atoms. The number of hydrogen-bond acceptors (Lipinski definition) is 3. The molecular formula is C11H8F3NOS. The average Bonchev–Trinajstić information content (AvgIpc) is 2.69. The van der Waals surface area contributed by atoms with Gasteiger partial charge in [-0.15, -0.1) is 11.3 Å². The summed E-state index contributed by atoms with van der Waals surface area (Å²) in [5, 5.41) is 1.18. The Morgan fingerprint density at radius 3 is 2.29 bits per heavy atom. The van der Waals surface area contributed by atoms with E-state index in [0.717, 1.165) is 17.4 Å². The Labute approximate surface area is 99.4 Å². The molecule has 0 fully saturated rings. The van der Waals surface area contributed by atoms with E-state index in [1.165, 1.54) is 17.5 Å². The summed E-state index contributed by atoms with van der Waals surface area (Å²) in [7, 11) is 0. The minimum atomic E-state index is -4.40. The van der Waals surface area contributed by atoms with E-state index in [2.05, 4.69) is 0 Å². The Hall–Kier alpha value is -1.69. The Balaban J connectivity index is 2.25. The third-order valence-electron chi connectivity index (χ3n) is 2.03. The molecular weight excluding hydrogens is 251 g/mol. The molecule has 2 rings (SSSR count). The van der Waals surface area contributed by atoms with E-state index in [9.17, 15) is 13.2 Å². The monoisotopic (exact) mass is 259 g/mol. The maximum Gasteiger partial charge on any atom is 0.420 e. The van der Waals surface area contributed by atoms with Crippen molar-refractivity contribution >= 4 is 17.0 Å². The fraction of sp³-hybridized carbons (Fsp3) is 0.0909. The lowest BCUT2D eigenvalue weighted by Crippen LogP contribution is -2.04. The minimum Gasteiger partial charge on any atom is -0.446 e. The number of halogens is 3. The van der Waals surface area contributed by atoms with Crippen LogP contribution in [-0.2, 0) is 6.18 Å².